The van der Waals surface area contributed by atoms with Gasteiger partial charge >= 0.3 is 0 Å². The van der Waals surface area contributed by atoms with Crippen LogP contribution in [0.25, 0.3) is 16.8 Å². The number of hydrogen-bond donors (Lipinski definition) is 2. The number of amides is 1. The smallest absolute Gasteiger partial charge is 0.269 e. The van der Waals surface area contributed by atoms with Crippen molar-refractivity contribution in [1.29, 1.82) is 0 Å². The van der Waals surface area contributed by atoms with Gasteiger partial charge in [0.25, 0.3) is 5.69 Å². The van der Waals surface area contributed by atoms with Gasteiger partial charge in [0.1, 0.15) is 23.3 Å². The SMILES string of the molecule is C=CCOC12Oc3ccc(Oc4ccc5ccccc5c4)cc3C3C(CCCCO)C(CCCCO)C=C(C(=NOC4CCCCO4)CC1N(Cc1ccc4c(c1)OCO4)C(=O)C=Cc1ccc([N+](=O)[O-])cc1)C32. The molecule has 2 fully saturated rings. The van der Waals surface area contributed by atoms with Crippen LogP contribution in [0.3, 0.4) is 0 Å². The van der Waals surface area contributed by atoms with Crippen molar-refractivity contribution in [3.8, 4) is 28.7 Å². The number of non-ortho nitro benzene ring substituents is 1. The minimum absolute atomic E-state index is 0.00767. The molecule has 5 aliphatic rings. The summed E-state index contributed by atoms with van der Waals surface area (Å²) in [5, 5.41) is 38.9. The van der Waals surface area contributed by atoms with Crippen molar-refractivity contribution in [2.45, 2.75) is 94.8 Å². The summed E-state index contributed by atoms with van der Waals surface area (Å²) < 4.78 is 39.1. The molecule has 5 aromatic rings. The molecule has 74 heavy (non-hydrogen) atoms. The van der Waals surface area contributed by atoms with Crippen LogP contribution in [0.1, 0.15) is 86.8 Å². The lowest BCUT2D eigenvalue weighted by Crippen LogP contribution is -2.70. The van der Waals surface area contributed by atoms with E-state index in [0.717, 1.165) is 66.0 Å². The van der Waals surface area contributed by atoms with E-state index in [2.05, 4.69) is 30.9 Å². The van der Waals surface area contributed by atoms with Crippen LogP contribution in [0.15, 0.2) is 139 Å². The summed E-state index contributed by atoms with van der Waals surface area (Å²) in [5.41, 5.74) is 3.73. The molecule has 3 aliphatic heterocycles. The van der Waals surface area contributed by atoms with Crippen LogP contribution in [0, 0.1) is 27.9 Å². The Bertz CT molecular complexity index is 2910. The lowest BCUT2D eigenvalue weighted by molar-refractivity contribution is -0.384. The third-order valence-corrected chi connectivity index (χ3v) is 15.0. The molecule has 1 amide bonds. The van der Waals surface area contributed by atoms with Gasteiger partial charge in [0.15, 0.2) is 11.5 Å². The van der Waals surface area contributed by atoms with Gasteiger partial charge in [0, 0.05) is 62.3 Å². The summed E-state index contributed by atoms with van der Waals surface area (Å²) in [6, 6.07) is 30.9. The molecule has 1 saturated carbocycles. The van der Waals surface area contributed by atoms with Gasteiger partial charge in [-0.15, -0.1) is 6.58 Å². The van der Waals surface area contributed by atoms with Gasteiger partial charge in [-0.2, -0.15) is 0 Å². The van der Waals surface area contributed by atoms with Crippen molar-refractivity contribution in [2.75, 3.05) is 33.2 Å². The number of fused-ring (bicyclic) bond motifs is 4. The number of aliphatic hydroxyl groups is 2. The maximum Gasteiger partial charge on any atom is 0.269 e. The summed E-state index contributed by atoms with van der Waals surface area (Å²) in [5.74, 6) is 0.199. The number of nitrogens with zero attached hydrogens (tertiary/aromatic N) is 3. The number of allylic oxidation sites excluding steroid dienone is 1. The molecule has 386 valence electrons. The number of oxime groups is 1. The van der Waals surface area contributed by atoms with E-state index < -0.39 is 29.0 Å². The molecule has 3 heterocycles. The number of hydrogen-bond acceptors (Lipinski definition) is 13. The van der Waals surface area contributed by atoms with Crippen molar-refractivity contribution in [2.24, 2.45) is 22.9 Å². The number of benzene rings is 5. The standard InChI is InChI=1S/C59H63N3O12/c1-2-30-71-59-54(61(37-40-18-25-52-53(32-40)70-38-69-52)55(65)27-19-39-16-21-44(22-17-39)62(66)67)36-50(60-74-56-15-7-10-31-68-56)48-34-43(13-5-8-28-63)47(14-6-9-29-64)57(58(48)59)49-35-46(24-26-51(49)73-59)72-45-23-20-41-11-3-4-12-42(41)33-45/h2-4,11-12,16-27,32-35,43,47,54,56-58,63-64H,1,5-10,13-15,28-31,36-38H2. The van der Waals surface area contributed by atoms with E-state index in [-0.39, 0.29) is 68.9 Å². The fourth-order valence-electron chi connectivity index (χ4n) is 11.5. The highest BCUT2D eigenvalue weighted by Crippen LogP contribution is 2.62. The van der Waals surface area contributed by atoms with E-state index in [0.29, 0.717) is 65.9 Å². The fourth-order valence-corrected chi connectivity index (χ4v) is 11.5. The molecule has 0 aromatic heterocycles. The molecule has 7 unspecified atom stereocenters. The zero-order chi connectivity index (χ0) is 51.0. The number of carbonyl (C=O) groups excluding carboxylic acids is 1. The first-order chi connectivity index (χ1) is 36.2. The zero-order valence-electron chi connectivity index (χ0n) is 41.4. The van der Waals surface area contributed by atoms with E-state index in [1.165, 1.54) is 18.2 Å². The summed E-state index contributed by atoms with van der Waals surface area (Å²) in [6.45, 7) is 5.01. The van der Waals surface area contributed by atoms with Crippen LogP contribution >= 0.6 is 0 Å². The molecule has 0 radical (unpaired) electrons. The summed E-state index contributed by atoms with van der Waals surface area (Å²) in [7, 11) is 0. The Hall–Kier alpha value is -7.04. The number of ether oxygens (including phenoxy) is 6. The van der Waals surface area contributed by atoms with Gasteiger partial charge in [0.2, 0.25) is 24.8 Å². The quantitative estimate of drug-likeness (QED) is 0.0234. The van der Waals surface area contributed by atoms with Crippen LogP contribution in [0.5, 0.6) is 28.7 Å². The van der Waals surface area contributed by atoms with Crippen LogP contribution < -0.4 is 18.9 Å². The van der Waals surface area contributed by atoms with Gasteiger partial charge in [-0.05, 0) is 139 Å². The number of rotatable bonds is 21. The molecular formula is C59H63N3O12. The summed E-state index contributed by atoms with van der Waals surface area (Å²) in [6.07, 6.45) is 13.6. The van der Waals surface area contributed by atoms with Crippen LogP contribution in [-0.4, -0.2) is 83.0 Å². The Morgan fingerprint density at radius 1 is 0.878 bits per heavy atom. The number of nitro benzene ring substituents is 1. The Labute approximate surface area is 430 Å². The van der Waals surface area contributed by atoms with Gasteiger partial charge in [0.05, 0.1) is 29.8 Å². The fraction of sp³-hybridized carbons (Fsp3) is 0.390. The molecule has 2 N–H and O–H groups in total. The average molecular weight is 1010 g/mol. The minimum Gasteiger partial charge on any atom is -0.459 e. The van der Waals surface area contributed by atoms with Crippen molar-refractivity contribution < 1.29 is 53.2 Å². The second kappa shape index (κ2) is 23.0. The van der Waals surface area contributed by atoms with Gasteiger partial charge in [-0.1, -0.05) is 66.5 Å². The monoisotopic (exact) mass is 1010 g/mol. The van der Waals surface area contributed by atoms with E-state index in [4.69, 9.17) is 38.4 Å². The Morgan fingerprint density at radius 2 is 1.65 bits per heavy atom. The second-order valence-electron chi connectivity index (χ2n) is 19.6. The van der Waals surface area contributed by atoms with E-state index >= 15 is 4.79 Å². The van der Waals surface area contributed by atoms with E-state index in [1.807, 2.05) is 60.7 Å². The largest absolute Gasteiger partial charge is 0.459 e. The van der Waals surface area contributed by atoms with Crippen molar-refractivity contribution >= 4 is 34.2 Å². The molecule has 7 atom stereocenters. The minimum atomic E-state index is -1.56. The molecule has 15 heteroatoms. The lowest BCUT2D eigenvalue weighted by Gasteiger charge is -2.60. The number of unbranched alkanes of at least 4 members (excludes halogenated alkanes) is 2. The second-order valence-corrected chi connectivity index (χ2v) is 19.6. The lowest BCUT2D eigenvalue weighted by atomic mass is 9.55. The molecule has 2 aliphatic carbocycles. The van der Waals surface area contributed by atoms with Gasteiger partial charge < -0.3 is 48.4 Å². The molecule has 0 spiro atoms. The van der Waals surface area contributed by atoms with Crippen LogP contribution in [-0.2, 0) is 25.7 Å². The van der Waals surface area contributed by atoms with Crippen molar-refractivity contribution in [1.82, 2.24) is 4.90 Å². The van der Waals surface area contributed by atoms with Gasteiger partial charge in [-0.3, -0.25) is 14.9 Å². The van der Waals surface area contributed by atoms with Gasteiger partial charge in [-0.25, -0.2) is 0 Å². The molecule has 1 saturated heterocycles. The maximum absolute atomic E-state index is 15.4. The number of aliphatic hydroxyl groups excluding tert-OH is 2. The maximum atomic E-state index is 15.4. The third-order valence-electron chi connectivity index (χ3n) is 15.0. The highest BCUT2D eigenvalue weighted by Gasteiger charge is 2.65. The van der Waals surface area contributed by atoms with Crippen LogP contribution in [0.4, 0.5) is 5.69 Å². The Morgan fingerprint density at radius 3 is 2.43 bits per heavy atom. The predicted octanol–water partition coefficient (Wildman–Crippen LogP) is 11.2. The molecular weight excluding hydrogens is 943 g/mol. The average Bonchev–Trinajstić information content (AvgIpc) is 3.93. The van der Waals surface area contributed by atoms with E-state index in [9.17, 15) is 20.3 Å². The third kappa shape index (κ3) is 10.8. The van der Waals surface area contributed by atoms with Crippen LogP contribution in [0.2, 0.25) is 0 Å². The number of nitro groups is 1. The Kier molecular flexibility index (Phi) is 15.7. The predicted molar refractivity (Wildman–Crippen MR) is 279 cm³/mol. The topological polar surface area (TPSA) is 181 Å². The zero-order valence-corrected chi connectivity index (χ0v) is 41.4. The summed E-state index contributed by atoms with van der Waals surface area (Å²) >= 11 is 0. The van der Waals surface area contributed by atoms with Crippen molar-refractivity contribution in [3.05, 3.63) is 160 Å². The first kappa shape index (κ1) is 50.5. The number of carbonyl (C=O) groups is 1. The van der Waals surface area contributed by atoms with E-state index in [1.54, 1.807) is 29.2 Å². The molecule has 15 nitrogen and oxygen atoms in total. The normalized spacial score (nSPS) is 24.1. The first-order valence-electron chi connectivity index (χ1n) is 25.9. The highest BCUT2D eigenvalue weighted by molar-refractivity contribution is 6.03. The molecule has 10 rings (SSSR count). The molecule has 0 bridgehead atoms. The Balaban J connectivity index is 1.16. The first-order valence-corrected chi connectivity index (χ1v) is 25.9. The highest BCUT2D eigenvalue weighted by atomic mass is 16.8. The molecule has 5 aromatic carbocycles. The summed E-state index contributed by atoms with van der Waals surface area (Å²) in [4.78, 5) is 34.7. The van der Waals surface area contributed by atoms with Crippen molar-refractivity contribution in [3.63, 3.8) is 0 Å².